The van der Waals surface area contributed by atoms with Gasteiger partial charge in [0.15, 0.2) is 0 Å². The Morgan fingerprint density at radius 2 is 2.05 bits per heavy atom. The van der Waals surface area contributed by atoms with Gasteiger partial charge in [-0.1, -0.05) is 40.2 Å². The number of aromatic nitrogens is 1. The van der Waals surface area contributed by atoms with Crippen LogP contribution in [0, 0.1) is 0 Å². The zero-order valence-electron chi connectivity index (χ0n) is 10.8. The van der Waals surface area contributed by atoms with Crippen molar-refractivity contribution in [3.63, 3.8) is 0 Å². The fourth-order valence-corrected chi connectivity index (χ4v) is 2.29. The highest BCUT2D eigenvalue weighted by molar-refractivity contribution is 9.10. The van der Waals surface area contributed by atoms with E-state index < -0.39 is 0 Å². The Kier molecular flexibility index (Phi) is 5.07. The van der Waals surface area contributed by atoms with Gasteiger partial charge in [0, 0.05) is 28.5 Å². The maximum Gasteiger partial charge on any atom is 0.0992 e. The summed E-state index contributed by atoms with van der Waals surface area (Å²) in [6.07, 6.45) is 3.39. The third kappa shape index (κ3) is 3.86. The molecule has 2 rings (SSSR count). The summed E-state index contributed by atoms with van der Waals surface area (Å²) in [5.41, 5.74) is 8.12. The van der Waals surface area contributed by atoms with Gasteiger partial charge in [-0.3, -0.25) is 4.98 Å². The lowest BCUT2D eigenvalue weighted by Crippen LogP contribution is -2.27. The monoisotopic (exact) mass is 320 g/mol. The smallest absolute Gasteiger partial charge is 0.0992 e. The summed E-state index contributed by atoms with van der Waals surface area (Å²) in [5.74, 6) is 0. The summed E-state index contributed by atoms with van der Waals surface area (Å²) in [5, 5.41) is 0. The quantitative estimate of drug-likeness (QED) is 0.917. The highest BCUT2D eigenvalue weighted by Gasteiger charge is 2.17. The molecule has 4 heteroatoms. The maximum absolute atomic E-state index is 6.01. The molecule has 2 atom stereocenters. The van der Waals surface area contributed by atoms with Crippen molar-refractivity contribution < 1.29 is 4.74 Å². The fraction of sp³-hybridized carbons (Fsp3) is 0.267. The lowest BCUT2D eigenvalue weighted by Gasteiger charge is -2.22. The minimum Gasteiger partial charge on any atom is -0.367 e. The molecule has 0 spiro atoms. The van der Waals surface area contributed by atoms with Crippen molar-refractivity contribution in [3.05, 3.63) is 64.4 Å². The van der Waals surface area contributed by atoms with Gasteiger partial charge in [0.1, 0.15) is 0 Å². The first-order valence-corrected chi connectivity index (χ1v) is 6.98. The van der Waals surface area contributed by atoms with E-state index in [2.05, 4.69) is 20.9 Å². The van der Waals surface area contributed by atoms with Crippen LogP contribution < -0.4 is 5.73 Å². The molecule has 1 aromatic heterocycles. The molecule has 2 N–H and O–H groups in total. The summed E-state index contributed by atoms with van der Waals surface area (Å²) >= 11 is 3.52. The number of hydrogen-bond donors (Lipinski definition) is 1. The standard InChI is InChI=1S/C15H17BrN2O/c1-11(17)15(12-6-4-8-18-9-12)19-10-13-5-2-3-7-14(13)16/h2-9,11,15H,10,17H2,1H3. The van der Waals surface area contributed by atoms with Gasteiger partial charge < -0.3 is 10.5 Å². The number of benzene rings is 1. The van der Waals surface area contributed by atoms with Gasteiger partial charge in [-0.25, -0.2) is 0 Å². The number of nitrogens with zero attached hydrogens (tertiary/aromatic N) is 1. The maximum atomic E-state index is 6.01. The summed E-state index contributed by atoms with van der Waals surface area (Å²) < 4.78 is 7.01. The molecule has 2 aromatic rings. The molecule has 3 nitrogen and oxygen atoms in total. The average Bonchev–Trinajstić information content (AvgIpc) is 2.42. The molecule has 0 bridgehead atoms. The van der Waals surface area contributed by atoms with Crippen LogP contribution in [-0.2, 0) is 11.3 Å². The van der Waals surface area contributed by atoms with Crippen LogP contribution in [0.2, 0.25) is 0 Å². The molecule has 100 valence electrons. The van der Waals surface area contributed by atoms with Crippen LogP contribution >= 0.6 is 15.9 Å². The number of hydrogen-bond acceptors (Lipinski definition) is 3. The Morgan fingerprint density at radius 1 is 1.26 bits per heavy atom. The second-order valence-corrected chi connectivity index (χ2v) is 5.32. The average molecular weight is 321 g/mol. The van der Waals surface area contributed by atoms with Crippen LogP contribution in [0.1, 0.15) is 24.2 Å². The summed E-state index contributed by atoms with van der Waals surface area (Å²) in [6.45, 7) is 2.46. The molecule has 0 saturated carbocycles. The van der Waals surface area contributed by atoms with Gasteiger partial charge >= 0.3 is 0 Å². The zero-order chi connectivity index (χ0) is 13.7. The van der Waals surface area contributed by atoms with Crippen molar-refractivity contribution in [2.45, 2.75) is 25.7 Å². The molecular formula is C15H17BrN2O. The normalized spacial score (nSPS) is 14.1. The summed E-state index contributed by atoms with van der Waals surface area (Å²) in [7, 11) is 0. The van der Waals surface area contributed by atoms with Crippen LogP contribution in [-0.4, -0.2) is 11.0 Å². The van der Waals surface area contributed by atoms with Gasteiger partial charge in [-0.15, -0.1) is 0 Å². The van der Waals surface area contributed by atoms with Crippen molar-refractivity contribution in [2.24, 2.45) is 5.73 Å². The molecule has 0 fully saturated rings. The fourth-order valence-electron chi connectivity index (χ4n) is 1.89. The van der Waals surface area contributed by atoms with Crippen molar-refractivity contribution in [1.29, 1.82) is 0 Å². The van der Waals surface area contributed by atoms with Gasteiger partial charge in [-0.05, 0) is 24.6 Å². The first-order chi connectivity index (χ1) is 9.18. The van der Waals surface area contributed by atoms with Crippen molar-refractivity contribution in [2.75, 3.05) is 0 Å². The van der Waals surface area contributed by atoms with Gasteiger partial charge in [0.05, 0.1) is 12.7 Å². The first kappa shape index (κ1) is 14.2. The molecule has 0 aliphatic heterocycles. The van der Waals surface area contributed by atoms with E-state index in [1.165, 1.54) is 0 Å². The molecule has 0 radical (unpaired) electrons. The molecular weight excluding hydrogens is 304 g/mol. The van der Waals surface area contributed by atoms with E-state index in [0.29, 0.717) is 6.61 Å². The number of ether oxygens (including phenoxy) is 1. The van der Waals surface area contributed by atoms with E-state index in [0.717, 1.165) is 15.6 Å². The van der Waals surface area contributed by atoms with Crippen molar-refractivity contribution in [1.82, 2.24) is 4.98 Å². The van der Waals surface area contributed by atoms with Crippen molar-refractivity contribution in [3.8, 4) is 0 Å². The van der Waals surface area contributed by atoms with E-state index in [1.54, 1.807) is 12.4 Å². The summed E-state index contributed by atoms with van der Waals surface area (Å²) in [6, 6.07) is 11.8. The Morgan fingerprint density at radius 3 is 2.68 bits per heavy atom. The predicted molar refractivity (Wildman–Crippen MR) is 79.6 cm³/mol. The van der Waals surface area contributed by atoms with Gasteiger partial charge in [-0.2, -0.15) is 0 Å². The van der Waals surface area contributed by atoms with E-state index >= 15 is 0 Å². The highest BCUT2D eigenvalue weighted by atomic mass is 79.9. The van der Waals surface area contributed by atoms with E-state index in [1.807, 2.05) is 43.3 Å². The van der Waals surface area contributed by atoms with Crippen molar-refractivity contribution >= 4 is 15.9 Å². The number of rotatable bonds is 5. The highest BCUT2D eigenvalue weighted by Crippen LogP contribution is 2.23. The lowest BCUT2D eigenvalue weighted by molar-refractivity contribution is 0.0254. The number of pyridine rings is 1. The first-order valence-electron chi connectivity index (χ1n) is 6.19. The van der Waals surface area contributed by atoms with Gasteiger partial charge in [0.25, 0.3) is 0 Å². The number of halogens is 1. The lowest BCUT2D eigenvalue weighted by atomic mass is 10.1. The molecule has 0 aliphatic rings. The Labute approximate surface area is 121 Å². The third-order valence-electron chi connectivity index (χ3n) is 2.87. The van der Waals surface area contributed by atoms with Crippen LogP contribution in [0.15, 0.2) is 53.3 Å². The van der Waals surface area contributed by atoms with Crippen LogP contribution in [0.5, 0.6) is 0 Å². The molecule has 0 saturated heterocycles. The summed E-state index contributed by atoms with van der Waals surface area (Å²) in [4.78, 5) is 4.12. The second-order valence-electron chi connectivity index (χ2n) is 4.47. The molecule has 0 aliphatic carbocycles. The second kappa shape index (κ2) is 6.80. The van der Waals surface area contributed by atoms with Crippen LogP contribution in [0.4, 0.5) is 0 Å². The minimum atomic E-state index is -0.152. The third-order valence-corrected chi connectivity index (χ3v) is 3.64. The van der Waals surface area contributed by atoms with E-state index in [9.17, 15) is 0 Å². The molecule has 1 aromatic carbocycles. The molecule has 0 amide bonds. The predicted octanol–water partition coefficient (Wildman–Crippen LogP) is 3.45. The minimum absolute atomic E-state index is 0.0910. The van der Waals surface area contributed by atoms with E-state index in [4.69, 9.17) is 10.5 Å². The SMILES string of the molecule is CC(N)C(OCc1ccccc1Br)c1cccnc1. The number of nitrogens with two attached hydrogens (primary N) is 1. The Bertz CT molecular complexity index is 517. The Balaban J connectivity index is 2.09. The topological polar surface area (TPSA) is 48.1 Å². The Hall–Kier alpha value is -1.23. The zero-order valence-corrected chi connectivity index (χ0v) is 12.4. The van der Waals surface area contributed by atoms with Gasteiger partial charge in [0.2, 0.25) is 0 Å². The largest absolute Gasteiger partial charge is 0.367 e. The van der Waals surface area contributed by atoms with E-state index in [-0.39, 0.29) is 12.1 Å². The van der Waals surface area contributed by atoms with Crippen LogP contribution in [0.3, 0.4) is 0 Å². The van der Waals surface area contributed by atoms with Crippen LogP contribution in [0.25, 0.3) is 0 Å². The molecule has 2 unspecified atom stereocenters. The molecule has 1 heterocycles. The molecule has 19 heavy (non-hydrogen) atoms.